The van der Waals surface area contributed by atoms with E-state index in [0.717, 1.165) is 62.2 Å². The SMILES string of the molecule is O=C(Cn1nc(C(F)(F)F)c2c1CCCC2)Nc1sc2c(c1C(=O)NCCN1CCCC1)CCCC2. The number of hydrogen-bond acceptors (Lipinski definition) is 5. The normalized spacial score (nSPS) is 18.1. The predicted octanol–water partition coefficient (Wildman–Crippen LogP) is 4.19. The summed E-state index contributed by atoms with van der Waals surface area (Å²) in [5, 5.41) is 10.2. The summed E-state index contributed by atoms with van der Waals surface area (Å²) in [4.78, 5) is 29.7. The first-order valence-corrected chi connectivity index (χ1v) is 13.7. The Labute approximate surface area is 212 Å². The van der Waals surface area contributed by atoms with E-state index in [2.05, 4.69) is 20.6 Å². The zero-order chi connectivity index (χ0) is 25.3. The van der Waals surface area contributed by atoms with Crippen LogP contribution in [-0.2, 0) is 43.2 Å². The van der Waals surface area contributed by atoms with Crippen molar-refractivity contribution in [3.8, 4) is 0 Å². The third-order valence-electron chi connectivity index (χ3n) is 7.38. The number of aromatic nitrogens is 2. The van der Waals surface area contributed by atoms with Crippen LogP contribution < -0.4 is 10.6 Å². The Morgan fingerprint density at radius 1 is 0.944 bits per heavy atom. The number of nitrogens with one attached hydrogen (secondary N) is 2. The number of carbonyl (C=O) groups is 2. The van der Waals surface area contributed by atoms with E-state index in [1.54, 1.807) is 0 Å². The molecule has 2 amide bonds. The highest BCUT2D eigenvalue weighted by Gasteiger charge is 2.39. The molecule has 0 saturated carbocycles. The molecule has 3 aliphatic rings. The van der Waals surface area contributed by atoms with E-state index in [4.69, 9.17) is 0 Å². The molecule has 1 fully saturated rings. The van der Waals surface area contributed by atoms with E-state index < -0.39 is 17.8 Å². The summed E-state index contributed by atoms with van der Waals surface area (Å²) < 4.78 is 41.8. The Balaban J connectivity index is 1.32. The number of anilines is 1. The molecule has 0 spiro atoms. The van der Waals surface area contributed by atoms with E-state index in [9.17, 15) is 22.8 Å². The third kappa shape index (κ3) is 5.32. The zero-order valence-corrected chi connectivity index (χ0v) is 21.1. The highest BCUT2D eigenvalue weighted by Crippen LogP contribution is 2.39. The van der Waals surface area contributed by atoms with Crippen molar-refractivity contribution < 1.29 is 22.8 Å². The van der Waals surface area contributed by atoms with Crippen molar-refractivity contribution in [3.05, 3.63) is 33.0 Å². The minimum Gasteiger partial charge on any atom is -0.351 e. The molecule has 0 radical (unpaired) electrons. The maximum atomic E-state index is 13.5. The fraction of sp³-hybridized carbons (Fsp3) is 0.640. The summed E-state index contributed by atoms with van der Waals surface area (Å²) in [5.74, 6) is -0.663. The molecule has 3 heterocycles. The third-order valence-corrected chi connectivity index (χ3v) is 8.59. The van der Waals surface area contributed by atoms with Crippen molar-refractivity contribution in [3.63, 3.8) is 0 Å². The zero-order valence-electron chi connectivity index (χ0n) is 20.3. The molecule has 0 bridgehead atoms. The molecule has 1 saturated heterocycles. The molecular formula is C25H32F3N5O2S. The van der Waals surface area contributed by atoms with Crippen LogP contribution in [0.2, 0.25) is 0 Å². The van der Waals surface area contributed by atoms with Crippen molar-refractivity contribution in [2.24, 2.45) is 0 Å². The Kier molecular flexibility index (Phi) is 7.39. The minimum atomic E-state index is -4.55. The van der Waals surface area contributed by atoms with Crippen molar-refractivity contribution >= 4 is 28.2 Å². The predicted molar refractivity (Wildman–Crippen MR) is 131 cm³/mol. The van der Waals surface area contributed by atoms with E-state index >= 15 is 0 Å². The van der Waals surface area contributed by atoms with Gasteiger partial charge in [-0.05, 0) is 82.9 Å². The van der Waals surface area contributed by atoms with Crippen LogP contribution in [0.3, 0.4) is 0 Å². The summed E-state index contributed by atoms with van der Waals surface area (Å²) in [6.45, 7) is 3.13. The van der Waals surface area contributed by atoms with Gasteiger partial charge in [-0.3, -0.25) is 14.3 Å². The number of halogens is 3. The number of likely N-dealkylation sites (tertiary alicyclic amines) is 1. The fourth-order valence-corrected chi connectivity index (χ4v) is 6.95. The van der Waals surface area contributed by atoms with Crippen LogP contribution in [0.15, 0.2) is 0 Å². The van der Waals surface area contributed by atoms with Crippen LogP contribution in [0, 0.1) is 0 Å². The van der Waals surface area contributed by atoms with Crippen LogP contribution in [0.1, 0.15) is 76.3 Å². The molecule has 1 aliphatic heterocycles. The van der Waals surface area contributed by atoms with Gasteiger partial charge in [0.15, 0.2) is 5.69 Å². The number of nitrogens with zero attached hydrogens (tertiary/aromatic N) is 3. The molecule has 2 aliphatic carbocycles. The van der Waals surface area contributed by atoms with Crippen molar-refractivity contribution in [2.75, 3.05) is 31.5 Å². The van der Waals surface area contributed by atoms with Crippen LogP contribution in [0.25, 0.3) is 0 Å². The highest BCUT2D eigenvalue weighted by atomic mass is 32.1. The molecule has 0 aromatic carbocycles. The maximum Gasteiger partial charge on any atom is 0.435 e. The molecule has 36 heavy (non-hydrogen) atoms. The Hall–Kier alpha value is -2.40. The Morgan fingerprint density at radius 2 is 1.64 bits per heavy atom. The lowest BCUT2D eigenvalue weighted by atomic mass is 9.95. The van der Waals surface area contributed by atoms with Crippen LogP contribution in [-0.4, -0.2) is 52.7 Å². The van der Waals surface area contributed by atoms with Crippen LogP contribution in [0.4, 0.5) is 18.2 Å². The maximum absolute atomic E-state index is 13.5. The number of hydrogen-bond donors (Lipinski definition) is 2. The number of amides is 2. The molecule has 2 N–H and O–H groups in total. The monoisotopic (exact) mass is 523 g/mol. The van der Waals surface area contributed by atoms with Crippen molar-refractivity contribution in [1.29, 1.82) is 0 Å². The van der Waals surface area contributed by atoms with E-state index in [1.807, 2.05) is 0 Å². The summed E-state index contributed by atoms with van der Waals surface area (Å²) in [7, 11) is 0. The quantitative estimate of drug-likeness (QED) is 0.571. The summed E-state index contributed by atoms with van der Waals surface area (Å²) in [6.07, 6.45) is 3.77. The van der Waals surface area contributed by atoms with Gasteiger partial charge in [0.2, 0.25) is 5.91 Å². The standard InChI is InChI=1S/C25H32F3N5O2S/c26-25(27,28)22-16-7-1-3-9-18(16)33(31-22)15-20(34)30-24-21(17-8-2-4-10-19(17)36-24)23(35)29-11-14-32-12-5-6-13-32/h1-15H2,(H,29,35)(H,30,34). The molecule has 2 aromatic heterocycles. The van der Waals surface area contributed by atoms with Gasteiger partial charge in [0.05, 0.1) is 5.56 Å². The van der Waals surface area contributed by atoms with Crippen molar-refractivity contribution in [1.82, 2.24) is 20.0 Å². The second-order valence-corrected chi connectivity index (χ2v) is 11.0. The number of fused-ring (bicyclic) bond motifs is 2. The molecule has 2 aromatic rings. The first-order chi connectivity index (χ1) is 17.3. The summed E-state index contributed by atoms with van der Waals surface area (Å²) in [5.41, 5.74) is 1.34. The first kappa shape index (κ1) is 25.3. The second-order valence-electron chi connectivity index (χ2n) is 9.90. The van der Waals surface area contributed by atoms with E-state index in [-0.39, 0.29) is 18.0 Å². The number of rotatable bonds is 7. The van der Waals surface area contributed by atoms with Crippen LogP contribution in [0.5, 0.6) is 0 Å². The van der Waals surface area contributed by atoms with Gasteiger partial charge in [-0.25, -0.2) is 0 Å². The fourth-order valence-electron chi connectivity index (χ4n) is 5.65. The number of thiophene rings is 1. The van der Waals surface area contributed by atoms with Gasteiger partial charge < -0.3 is 15.5 Å². The molecule has 0 atom stereocenters. The molecule has 7 nitrogen and oxygen atoms in total. The van der Waals surface area contributed by atoms with Crippen molar-refractivity contribution in [2.45, 2.75) is 76.9 Å². The minimum absolute atomic E-state index is 0.195. The summed E-state index contributed by atoms with van der Waals surface area (Å²) >= 11 is 1.41. The first-order valence-electron chi connectivity index (χ1n) is 12.9. The van der Waals surface area contributed by atoms with Gasteiger partial charge in [0.25, 0.3) is 5.91 Å². The second kappa shape index (κ2) is 10.5. The molecule has 0 unspecified atom stereocenters. The van der Waals surface area contributed by atoms with Gasteiger partial charge >= 0.3 is 6.18 Å². The van der Waals surface area contributed by atoms with Gasteiger partial charge in [-0.2, -0.15) is 18.3 Å². The smallest absolute Gasteiger partial charge is 0.351 e. The number of carbonyl (C=O) groups excluding carboxylic acids is 2. The molecule has 5 rings (SSSR count). The number of alkyl halides is 3. The Bertz CT molecular complexity index is 1130. The van der Waals surface area contributed by atoms with E-state index in [1.165, 1.54) is 28.9 Å². The average molecular weight is 524 g/mol. The summed E-state index contributed by atoms with van der Waals surface area (Å²) in [6, 6.07) is 0. The highest BCUT2D eigenvalue weighted by molar-refractivity contribution is 7.17. The largest absolute Gasteiger partial charge is 0.435 e. The average Bonchev–Trinajstić information content (AvgIpc) is 3.56. The lowest BCUT2D eigenvalue weighted by Gasteiger charge is -2.16. The lowest BCUT2D eigenvalue weighted by Crippen LogP contribution is -2.34. The van der Waals surface area contributed by atoms with E-state index in [0.29, 0.717) is 42.1 Å². The Morgan fingerprint density at radius 3 is 2.39 bits per heavy atom. The molecule has 11 heteroatoms. The molecular weight excluding hydrogens is 491 g/mol. The van der Waals surface area contributed by atoms with Gasteiger partial charge in [0.1, 0.15) is 11.5 Å². The molecule has 196 valence electrons. The van der Waals surface area contributed by atoms with Gasteiger partial charge in [-0.1, -0.05) is 0 Å². The topological polar surface area (TPSA) is 79.3 Å². The van der Waals surface area contributed by atoms with Crippen LogP contribution >= 0.6 is 11.3 Å². The van der Waals surface area contributed by atoms with Gasteiger partial charge in [-0.15, -0.1) is 11.3 Å². The number of aryl methyl sites for hydroxylation is 1. The lowest BCUT2D eigenvalue weighted by molar-refractivity contribution is -0.142. The van der Waals surface area contributed by atoms with Gasteiger partial charge in [0, 0.05) is 29.2 Å².